The van der Waals surface area contributed by atoms with Crippen molar-refractivity contribution in [2.45, 2.75) is 38.6 Å². The number of carbonyl (C=O) groups is 1. The van der Waals surface area contributed by atoms with Crippen LogP contribution >= 0.6 is 11.8 Å². The van der Waals surface area contributed by atoms with E-state index in [9.17, 15) is 4.79 Å². The largest absolute Gasteiger partial charge is 0.465 e. The Bertz CT molecular complexity index is 211. The maximum Gasteiger partial charge on any atom is 0.323 e. The highest BCUT2D eigenvalue weighted by atomic mass is 32.2. The van der Waals surface area contributed by atoms with Gasteiger partial charge < -0.3 is 4.74 Å². The van der Waals surface area contributed by atoms with Crippen LogP contribution in [0.15, 0.2) is 0 Å². The van der Waals surface area contributed by atoms with Crippen LogP contribution < -0.4 is 0 Å². The van der Waals surface area contributed by atoms with Gasteiger partial charge >= 0.3 is 5.97 Å². The molecule has 0 amide bonds. The molecule has 3 nitrogen and oxygen atoms in total. The third-order valence-electron chi connectivity index (χ3n) is 2.97. The fourth-order valence-corrected chi connectivity index (χ4v) is 2.59. The predicted molar refractivity (Wildman–Crippen MR) is 68.8 cm³/mol. The molecule has 1 fully saturated rings. The SMILES string of the molecule is CCOC(=O)C1CCCCN1CCCSC. The number of piperidine rings is 1. The summed E-state index contributed by atoms with van der Waals surface area (Å²) in [7, 11) is 0. The summed E-state index contributed by atoms with van der Waals surface area (Å²) < 4.78 is 5.13. The van der Waals surface area contributed by atoms with Crippen LogP contribution in [0.2, 0.25) is 0 Å². The molecule has 0 radical (unpaired) electrons. The number of hydrogen-bond acceptors (Lipinski definition) is 4. The van der Waals surface area contributed by atoms with E-state index < -0.39 is 0 Å². The lowest BCUT2D eigenvalue weighted by atomic mass is 10.0. The first-order chi connectivity index (χ1) is 7.79. The normalized spacial score (nSPS) is 22.0. The minimum absolute atomic E-state index is 0.0219. The summed E-state index contributed by atoms with van der Waals surface area (Å²) in [5.74, 6) is 1.15. The van der Waals surface area contributed by atoms with Crippen molar-refractivity contribution in [1.29, 1.82) is 0 Å². The molecule has 4 heteroatoms. The Morgan fingerprint density at radius 1 is 1.50 bits per heavy atom. The van der Waals surface area contributed by atoms with Crippen LogP contribution in [-0.4, -0.2) is 48.6 Å². The van der Waals surface area contributed by atoms with Gasteiger partial charge in [-0.05, 0) is 51.3 Å². The average Bonchev–Trinajstić information content (AvgIpc) is 2.30. The predicted octanol–water partition coefficient (Wildman–Crippen LogP) is 2.16. The topological polar surface area (TPSA) is 29.5 Å². The number of esters is 1. The quantitative estimate of drug-likeness (QED) is 0.530. The Labute approximate surface area is 103 Å². The molecule has 0 bridgehead atoms. The van der Waals surface area contributed by atoms with Crippen LogP contribution in [0.4, 0.5) is 0 Å². The second-order valence-electron chi connectivity index (χ2n) is 4.15. The van der Waals surface area contributed by atoms with Gasteiger partial charge in [0, 0.05) is 0 Å². The molecule has 1 atom stereocenters. The second kappa shape index (κ2) is 7.96. The van der Waals surface area contributed by atoms with E-state index in [1.165, 1.54) is 12.2 Å². The van der Waals surface area contributed by atoms with Gasteiger partial charge in [0.05, 0.1) is 6.61 Å². The van der Waals surface area contributed by atoms with E-state index in [2.05, 4.69) is 11.2 Å². The minimum atomic E-state index is -0.0219. The number of hydrogen-bond donors (Lipinski definition) is 0. The standard InChI is InChI=1S/C12H23NO2S/c1-3-15-12(14)11-7-4-5-8-13(11)9-6-10-16-2/h11H,3-10H2,1-2H3. The first-order valence-electron chi connectivity index (χ1n) is 6.19. The number of likely N-dealkylation sites (tertiary alicyclic amines) is 1. The van der Waals surface area contributed by atoms with E-state index in [1.807, 2.05) is 18.7 Å². The summed E-state index contributed by atoms with van der Waals surface area (Å²) in [6, 6.07) is 0.0237. The zero-order valence-corrected chi connectivity index (χ0v) is 11.2. The van der Waals surface area contributed by atoms with Crippen molar-refractivity contribution < 1.29 is 9.53 Å². The lowest BCUT2D eigenvalue weighted by Crippen LogP contribution is -2.45. The van der Waals surface area contributed by atoms with Crippen LogP contribution in [0.1, 0.15) is 32.6 Å². The molecule has 0 aromatic carbocycles. The lowest BCUT2D eigenvalue weighted by molar-refractivity contribution is -0.150. The molecule has 94 valence electrons. The summed E-state index contributed by atoms with van der Waals surface area (Å²) in [5.41, 5.74) is 0. The van der Waals surface area contributed by atoms with Crippen LogP contribution in [-0.2, 0) is 9.53 Å². The molecule has 0 spiro atoms. The molecule has 16 heavy (non-hydrogen) atoms. The fourth-order valence-electron chi connectivity index (χ4n) is 2.18. The smallest absolute Gasteiger partial charge is 0.323 e. The number of ether oxygens (including phenoxy) is 1. The monoisotopic (exact) mass is 245 g/mol. The van der Waals surface area contributed by atoms with Gasteiger partial charge in [-0.25, -0.2) is 0 Å². The van der Waals surface area contributed by atoms with E-state index in [-0.39, 0.29) is 12.0 Å². The molecule has 0 saturated carbocycles. The van der Waals surface area contributed by atoms with E-state index in [1.54, 1.807) is 0 Å². The molecule has 0 aliphatic carbocycles. The molecule has 1 unspecified atom stereocenters. The third kappa shape index (κ3) is 4.34. The van der Waals surface area contributed by atoms with Crippen molar-refractivity contribution >= 4 is 17.7 Å². The van der Waals surface area contributed by atoms with Crippen LogP contribution in [0, 0.1) is 0 Å². The van der Waals surface area contributed by atoms with Gasteiger partial charge in [-0.2, -0.15) is 11.8 Å². The molecule has 1 aliphatic rings. The summed E-state index contributed by atoms with van der Waals surface area (Å²) in [5, 5.41) is 0. The summed E-state index contributed by atoms with van der Waals surface area (Å²) >= 11 is 1.87. The van der Waals surface area contributed by atoms with Crippen LogP contribution in [0.5, 0.6) is 0 Å². The second-order valence-corrected chi connectivity index (χ2v) is 5.13. The molecular formula is C12H23NO2S. The number of rotatable bonds is 6. The molecule has 1 rings (SSSR count). The summed E-state index contributed by atoms with van der Waals surface area (Å²) in [4.78, 5) is 14.1. The average molecular weight is 245 g/mol. The first-order valence-corrected chi connectivity index (χ1v) is 7.58. The van der Waals surface area contributed by atoms with Gasteiger partial charge in [0.25, 0.3) is 0 Å². The molecule has 0 N–H and O–H groups in total. The Morgan fingerprint density at radius 3 is 3.00 bits per heavy atom. The Morgan fingerprint density at radius 2 is 2.31 bits per heavy atom. The van der Waals surface area contributed by atoms with Crippen LogP contribution in [0.3, 0.4) is 0 Å². The van der Waals surface area contributed by atoms with Crippen molar-refractivity contribution in [3.05, 3.63) is 0 Å². The molecule has 1 aliphatic heterocycles. The lowest BCUT2D eigenvalue weighted by Gasteiger charge is -2.33. The fraction of sp³-hybridized carbons (Fsp3) is 0.917. The van der Waals surface area contributed by atoms with E-state index >= 15 is 0 Å². The number of carbonyl (C=O) groups excluding carboxylic acids is 1. The van der Waals surface area contributed by atoms with Gasteiger partial charge in [0.15, 0.2) is 0 Å². The van der Waals surface area contributed by atoms with Crippen molar-refractivity contribution in [3.8, 4) is 0 Å². The maximum absolute atomic E-state index is 11.8. The molecule has 1 heterocycles. The Hall–Kier alpha value is -0.220. The van der Waals surface area contributed by atoms with Crippen molar-refractivity contribution in [1.82, 2.24) is 4.90 Å². The van der Waals surface area contributed by atoms with E-state index in [4.69, 9.17) is 4.74 Å². The van der Waals surface area contributed by atoms with Gasteiger partial charge in [0.2, 0.25) is 0 Å². The third-order valence-corrected chi connectivity index (χ3v) is 3.66. The van der Waals surface area contributed by atoms with Crippen molar-refractivity contribution in [2.24, 2.45) is 0 Å². The zero-order valence-electron chi connectivity index (χ0n) is 10.4. The highest BCUT2D eigenvalue weighted by Crippen LogP contribution is 2.18. The van der Waals surface area contributed by atoms with Gasteiger partial charge in [-0.15, -0.1) is 0 Å². The van der Waals surface area contributed by atoms with Crippen LogP contribution in [0.25, 0.3) is 0 Å². The Kier molecular flexibility index (Phi) is 6.88. The molecule has 0 aromatic heterocycles. The summed E-state index contributed by atoms with van der Waals surface area (Å²) in [6.07, 6.45) is 6.63. The minimum Gasteiger partial charge on any atom is -0.465 e. The van der Waals surface area contributed by atoms with Crippen molar-refractivity contribution in [3.63, 3.8) is 0 Å². The van der Waals surface area contributed by atoms with Gasteiger partial charge in [-0.1, -0.05) is 6.42 Å². The van der Waals surface area contributed by atoms with Gasteiger partial charge in [-0.3, -0.25) is 9.69 Å². The highest BCUT2D eigenvalue weighted by molar-refractivity contribution is 7.98. The molecule has 0 aromatic rings. The number of thioether (sulfide) groups is 1. The van der Waals surface area contributed by atoms with E-state index in [0.29, 0.717) is 6.61 Å². The first kappa shape index (κ1) is 13.8. The molecule has 1 saturated heterocycles. The highest BCUT2D eigenvalue weighted by Gasteiger charge is 2.28. The van der Waals surface area contributed by atoms with E-state index in [0.717, 1.165) is 32.4 Å². The van der Waals surface area contributed by atoms with Gasteiger partial charge in [0.1, 0.15) is 6.04 Å². The Balaban J connectivity index is 2.40. The maximum atomic E-state index is 11.8. The zero-order chi connectivity index (χ0) is 11.8. The number of nitrogens with zero attached hydrogens (tertiary/aromatic N) is 1. The molecular weight excluding hydrogens is 222 g/mol. The summed E-state index contributed by atoms with van der Waals surface area (Å²) in [6.45, 7) is 4.45. The van der Waals surface area contributed by atoms with Crippen molar-refractivity contribution in [2.75, 3.05) is 31.7 Å².